The summed E-state index contributed by atoms with van der Waals surface area (Å²) < 4.78 is 25.9. The van der Waals surface area contributed by atoms with E-state index in [-0.39, 0.29) is 35.7 Å². The molecule has 0 atom stereocenters. The molecule has 0 radical (unpaired) electrons. The predicted octanol–water partition coefficient (Wildman–Crippen LogP) is 3.63. The van der Waals surface area contributed by atoms with Crippen LogP contribution < -0.4 is 0 Å². The fourth-order valence-electron chi connectivity index (χ4n) is 3.13. The van der Waals surface area contributed by atoms with Gasteiger partial charge in [0.05, 0.1) is 6.42 Å². The van der Waals surface area contributed by atoms with Gasteiger partial charge >= 0.3 is 0 Å². The molecular weight excluding hydrogens is 324 g/mol. The van der Waals surface area contributed by atoms with E-state index in [0.29, 0.717) is 31.5 Å². The van der Waals surface area contributed by atoms with Gasteiger partial charge in [-0.1, -0.05) is 12.1 Å². The Morgan fingerprint density at radius 3 is 1.96 bits per heavy atom. The third kappa shape index (κ3) is 4.29. The van der Waals surface area contributed by atoms with Crippen molar-refractivity contribution in [2.45, 2.75) is 19.3 Å². The second-order valence-corrected chi connectivity index (χ2v) is 6.33. The Balaban J connectivity index is 1.54. The number of halogens is 2. The first-order chi connectivity index (χ1) is 12.0. The minimum Gasteiger partial charge on any atom is -0.342 e. The summed E-state index contributed by atoms with van der Waals surface area (Å²) in [5, 5.41) is 0. The van der Waals surface area contributed by atoms with Gasteiger partial charge in [-0.05, 0) is 54.8 Å². The zero-order valence-electron chi connectivity index (χ0n) is 13.8. The van der Waals surface area contributed by atoms with Crippen LogP contribution in [0.4, 0.5) is 8.78 Å². The number of carbonyl (C=O) groups is 2. The molecule has 3 rings (SSSR count). The van der Waals surface area contributed by atoms with E-state index in [0.717, 1.165) is 5.56 Å². The summed E-state index contributed by atoms with van der Waals surface area (Å²) in [6.45, 7) is 1.05. The average molecular weight is 343 g/mol. The number of rotatable bonds is 4. The number of nitrogens with zero attached hydrogens (tertiary/aromatic N) is 1. The monoisotopic (exact) mass is 343 g/mol. The smallest absolute Gasteiger partial charge is 0.226 e. The molecule has 0 unspecified atom stereocenters. The molecule has 0 spiro atoms. The average Bonchev–Trinajstić information content (AvgIpc) is 2.64. The van der Waals surface area contributed by atoms with Crippen molar-refractivity contribution in [3.63, 3.8) is 0 Å². The highest BCUT2D eigenvalue weighted by Gasteiger charge is 2.27. The maximum Gasteiger partial charge on any atom is 0.226 e. The molecule has 0 aromatic heterocycles. The number of ketones is 1. The number of likely N-dealkylation sites (tertiary alicyclic amines) is 1. The number of hydrogen-bond acceptors (Lipinski definition) is 2. The molecule has 1 aliphatic heterocycles. The van der Waals surface area contributed by atoms with Crippen LogP contribution in [0.3, 0.4) is 0 Å². The van der Waals surface area contributed by atoms with E-state index in [9.17, 15) is 18.4 Å². The number of benzene rings is 2. The molecule has 1 fully saturated rings. The highest BCUT2D eigenvalue weighted by Crippen LogP contribution is 2.22. The van der Waals surface area contributed by atoms with E-state index in [1.54, 1.807) is 17.0 Å². The quantitative estimate of drug-likeness (QED) is 0.795. The molecule has 1 heterocycles. The van der Waals surface area contributed by atoms with Crippen LogP contribution in [0.5, 0.6) is 0 Å². The van der Waals surface area contributed by atoms with Crippen LogP contribution in [0.15, 0.2) is 48.5 Å². The molecule has 25 heavy (non-hydrogen) atoms. The number of Topliss-reactive ketones (excluding diaryl/α,β-unsaturated/α-hetero) is 1. The van der Waals surface area contributed by atoms with Crippen molar-refractivity contribution < 1.29 is 18.4 Å². The van der Waals surface area contributed by atoms with Crippen molar-refractivity contribution in [1.82, 2.24) is 4.90 Å². The maximum absolute atomic E-state index is 13.0. The van der Waals surface area contributed by atoms with Crippen molar-refractivity contribution in [2.24, 2.45) is 5.92 Å². The van der Waals surface area contributed by atoms with Gasteiger partial charge in [0.2, 0.25) is 5.91 Å². The van der Waals surface area contributed by atoms with Gasteiger partial charge in [-0.3, -0.25) is 9.59 Å². The second-order valence-electron chi connectivity index (χ2n) is 6.33. The van der Waals surface area contributed by atoms with Crippen molar-refractivity contribution in [2.75, 3.05) is 13.1 Å². The van der Waals surface area contributed by atoms with Crippen LogP contribution in [0, 0.1) is 17.6 Å². The summed E-state index contributed by atoms with van der Waals surface area (Å²) in [5.41, 5.74) is 1.29. The highest BCUT2D eigenvalue weighted by atomic mass is 19.1. The van der Waals surface area contributed by atoms with Crippen LogP contribution in [0.1, 0.15) is 28.8 Å². The Morgan fingerprint density at radius 2 is 1.40 bits per heavy atom. The van der Waals surface area contributed by atoms with Crippen molar-refractivity contribution in [1.29, 1.82) is 0 Å². The molecule has 1 saturated heterocycles. The lowest BCUT2D eigenvalue weighted by molar-refractivity contribution is -0.131. The van der Waals surface area contributed by atoms with Gasteiger partial charge in [0.15, 0.2) is 5.78 Å². The minimum absolute atomic E-state index is 0.00522. The van der Waals surface area contributed by atoms with Crippen molar-refractivity contribution in [3.05, 3.63) is 71.3 Å². The first-order valence-electron chi connectivity index (χ1n) is 8.35. The number of piperidine rings is 1. The minimum atomic E-state index is -0.363. The van der Waals surface area contributed by atoms with Gasteiger partial charge in [0.25, 0.3) is 0 Å². The molecule has 1 amide bonds. The predicted molar refractivity (Wildman–Crippen MR) is 90.1 cm³/mol. The molecule has 3 nitrogen and oxygen atoms in total. The van der Waals surface area contributed by atoms with Gasteiger partial charge in [0.1, 0.15) is 11.6 Å². The van der Waals surface area contributed by atoms with Gasteiger partial charge in [-0.2, -0.15) is 0 Å². The fraction of sp³-hybridized carbons (Fsp3) is 0.300. The molecule has 1 aliphatic rings. The highest BCUT2D eigenvalue weighted by molar-refractivity contribution is 5.98. The molecule has 2 aromatic rings. The summed E-state index contributed by atoms with van der Waals surface area (Å²) >= 11 is 0. The van der Waals surface area contributed by atoms with Crippen LogP contribution in [0.2, 0.25) is 0 Å². The standard InChI is InChI=1S/C20H19F2NO2/c21-17-5-1-14(2-6-17)13-19(24)23-11-9-16(10-12-23)20(25)15-3-7-18(22)8-4-15/h1-8,16H,9-13H2. The maximum atomic E-state index is 13.0. The lowest BCUT2D eigenvalue weighted by atomic mass is 9.88. The van der Waals surface area contributed by atoms with Crippen molar-refractivity contribution in [3.8, 4) is 0 Å². The van der Waals surface area contributed by atoms with E-state index in [2.05, 4.69) is 0 Å². The summed E-state index contributed by atoms with van der Waals surface area (Å²) in [5.74, 6) is -0.834. The van der Waals surface area contributed by atoms with Gasteiger partial charge < -0.3 is 4.90 Å². The van der Waals surface area contributed by atoms with Gasteiger partial charge in [0, 0.05) is 24.6 Å². The Bertz CT molecular complexity index is 748. The summed E-state index contributed by atoms with van der Waals surface area (Å²) in [6.07, 6.45) is 1.44. The summed E-state index contributed by atoms with van der Waals surface area (Å²) in [4.78, 5) is 26.5. The number of hydrogen-bond donors (Lipinski definition) is 0. The largest absolute Gasteiger partial charge is 0.342 e. The Morgan fingerprint density at radius 1 is 0.880 bits per heavy atom. The van der Waals surface area contributed by atoms with E-state index in [1.807, 2.05) is 0 Å². The molecular formula is C20H19F2NO2. The van der Waals surface area contributed by atoms with Crippen LogP contribution in [-0.2, 0) is 11.2 Å². The second kappa shape index (κ2) is 7.55. The number of carbonyl (C=O) groups excluding carboxylic acids is 2. The molecule has 0 N–H and O–H groups in total. The van der Waals surface area contributed by atoms with E-state index < -0.39 is 0 Å². The SMILES string of the molecule is O=C(c1ccc(F)cc1)C1CCN(C(=O)Cc2ccc(F)cc2)CC1. The van der Waals surface area contributed by atoms with Gasteiger partial charge in [-0.15, -0.1) is 0 Å². The van der Waals surface area contributed by atoms with Crippen molar-refractivity contribution >= 4 is 11.7 Å². The lowest BCUT2D eigenvalue weighted by Gasteiger charge is -2.31. The number of amides is 1. The van der Waals surface area contributed by atoms with E-state index in [1.165, 1.54) is 36.4 Å². The zero-order valence-corrected chi connectivity index (χ0v) is 13.8. The van der Waals surface area contributed by atoms with E-state index >= 15 is 0 Å². The molecule has 130 valence electrons. The summed E-state index contributed by atoms with van der Waals surface area (Å²) in [6, 6.07) is 11.5. The third-order valence-electron chi connectivity index (χ3n) is 4.62. The lowest BCUT2D eigenvalue weighted by Crippen LogP contribution is -2.41. The Kier molecular flexibility index (Phi) is 5.22. The molecule has 0 saturated carbocycles. The fourth-order valence-corrected chi connectivity index (χ4v) is 3.13. The summed E-state index contributed by atoms with van der Waals surface area (Å²) in [7, 11) is 0. The normalized spacial score (nSPS) is 15.2. The van der Waals surface area contributed by atoms with Crippen LogP contribution >= 0.6 is 0 Å². The molecule has 0 aliphatic carbocycles. The first kappa shape index (κ1) is 17.3. The Labute approximate surface area is 145 Å². The Hall–Kier alpha value is -2.56. The zero-order chi connectivity index (χ0) is 17.8. The third-order valence-corrected chi connectivity index (χ3v) is 4.62. The van der Waals surface area contributed by atoms with Crippen LogP contribution in [0.25, 0.3) is 0 Å². The van der Waals surface area contributed by atoms with Crippen LogP contribution in [-0.4, -0.2) is 29.7 Å². The molecule has 0 bridgehead atoms. The molecule has 5 heteroatoms. The topological polar surface area (TPSA) is 37.4 Å². The first-order valence-corrected chi connectivity index (χ1v) is 8.35. The molecule has 2 aromatic carbocycles. The van der Waals surface area contributed by atoms with E-state index in [4.69, 9.17) is 0 Å². The van der Waals surface area contributed by atoms with Gasteiger partial charge in [-0.25, -0.2) is 8.78 Å².